The fourth-order valence-electron chi connectivity index (χ4n) is 3.23. The molecule has 4 rings (SSSR count). The van der Waals surface area contributed by atoms with Gasteiger partial charge in [0.05, 0.1) is 12.4 Å². The summed E-state index contributed by atoms with van der Waals surface area (Å²) in [7, 11) is 0. The molecular formula is C24H19ClFN5O2. The van der Waals surface area contributed by atoms with Crippen LogP contribution in [-0.4, -0.2) is 26.7 Å². The molecule has 4 aromatic rings. The van der Waals surface area contributed by atoms with Crippen molar-refractivity contribution in [3.05, 3.63) is 100 Å². The van der Waals surface area contributed by atoms with E-state index in [1.165, 1.54) is 6.21 Å². The third kappa shape index (κ3) is 5.24. The smallest absolute Gasteiger partial charge is 0.271 e. The number of ether oxygens (including phenoxy) is 1. The van der Waals surface area contributed by atoms with E-state index in [2.05, 4.69) is 25.1 Å². The molecule has 7 nitrogen and oxygen atoms in total. The zero-order valence-corrected chi connectivity index (χ0v) is 18.5. The van der Waals surface area contributed by atoms with E-state index in [4.69, 9.17) is 16.3 Å². The van der Waals surface area contributed by atoms with Crippen molar-refractivity contribution < 1.29 is 13.9 Å². The number of hydrogen-bond acceptors (Lipinski definition) is 5. The van der Waals surface area contributed by atoms with E-state index in [0.717, 1.165) is 23.3 Å². The SMILES string of the molecule is Cc1ccc(C)n1-c1cccc(C(=O)N/N=C\c2ccc(Oc3nc(Cl)ncc3F)cc2)c1. The molecule has 2 aromatic carbocycles. The van der Waals surface area contributed by atoms with Crippen molar-refractivity contribution in [3.63, 3.8) is 0 Å². The summed E-state index contributed by atoms with van der Waals surface area (Å²) in [6, 6.07) is 18.0. The van der Waals surface area contributed by atoms with Gasteiger partial charge >= 0.3 is 0 Å². The molecule has 166 valence electrons. The number of hydrogen-bond donors (Lipinski definition) is 1. The van der Waals surface area contributed by atoms with Crippen LogP contribution in [0.2, 0.25) is 5.28 Å². The zero-order chi connectivity index (χ0) is 23.4. The van der Waals surface area contributed by atoms with Crippen LogP contribution >= 0.6 is 11.6 Å². The maximum Gasteiger partial charge on any atom is 0.271 e. The van der Waals surface area contributed by atoms with Gasteiger partial charge in [0.2, 0.25) is 11.1 Å². The van der Waals surface area contributed by atoms with Crippen LogP contribution in [0, 0.1) is 19.7 Å². The van der Waals surface area contributed by atoms with Crippen LogP contribution in [-0.2, 0) is 0 Å². The van der Waals surface area contributed by atoms with Crippen molar-refractivity contribution in [1.29, 1.82) is 0 Å². The number of aromatic nitrogens is 3. The van der Waals surface area contributed by atoms with E-state index in [-0.39, 0.29) is 17.1 Å². The highest BCUT2D eigenvalue weighted by atomic mass is 35.5. The second-order valence-electron chi connectivity index (χ2n) is 7.16. The molecule has 2 heterocycles. The number of benzene rings is 2. The van der Waals surface area contributed by atoms with Crippen LogP contribution in [0.15, 0.2) is 72.0 Å². The molecule has 0 aliphatic carbocycles. The minimum atomic E-state index is -0.723. The Kier molecular flexibility index (Phi) is 6.46. The van der Waals surface area contributed by atoms with Crippen LogP contribution in [0.25, 0.3) is 5.69 Å². The minimum absolute atomic E-state index is 0.116. The number of aryl methyl sites for hydroxylation is 2. The summed E-state index contributed by atoms with van der Waals surface area (Å²) in [5.74, 6) is -0.959. The Balaban J connectivity index is 1.40. The van der Waals surface area contributed by atoms with E-state index in [0.29, 0.717) is 16.9 Å². The maximum atomic E-state index is 13.7. The highest BCUT2D eigenvalue weighted by Gasteiger charge is 2.10. The Hall–Kier alpha value is -4.04. The number of carbonyl (C=O) groups excluding carboxylic acids is 1. The molecule has 0 saturated heterocycles. The number of nitrogens with zero attached hydrogens (tertiary/aromatic N) is 4. The molecule has 0 spiro atoms. The van der Waals surface area contributed by atoms with Gasteiger partial charge in [0, 0.05) is 22.6 Å². The summed E-state index contributed by atoms with van der Waals surface area (Å²) >= 11 is 5.66. The molecule has 0 fully saturated rings. The number of amides is 1. The summed E-state index contributed by atoms with van der Waals surface area (Å²) in [5.41, 5.74) is 6.80. The van der Waals surface area contributed by atoms with Gasteiger partial charge in [-0.15, -0.1) is 0 Å². The topological polar surface area (TPSA) is 81.4 Å². The Morgan fingerprint density at radius 2 is 1.85 bits per heavy atom. The average Bonchev–Trinajstić information content (AvgIpc) is 3.15. The van der Waals surface area contributed by atoms with E-state index in [9.17, 15) is 9.18 Å². The van der Waals surface area contributed by atoms with Crippen molar-refractivity contribution in [2.75, 3.05) is 0 Å². The first kappa shape index (κ1) is 22.2. The average molecular weight is 464 g/mol. The Labute approximate surface area is 194 Å². The standard InChI is InChI=1S/C24H19ClFN5O2/c1-15-6-7-16(2)31(15)19-5-3-4-18(12-19)22(32)30-28-13-17-8-10-20(11-9-17)33-23-21(26)14-27-24(25)29-23/h3-14H,1-2H3,(H,30,32)/b28-13-. The lowest BCUT2D eigenvalue weighted by Crippen LogP contribution is -2.18. The highest BCUT2D eigenvalue weighted by Crippen LogP contribution is 2.23. The van der Waals surface area contributed by atoms with Gasteiger partial charge in [-0.1, -0.05) is 6.07 Å². The van der Waals surface area contributed by atoms with Gasteiger partial charge in [0.25, 0.3) is 11.8 Å². The second-order valence-corrected chi connectivity index (χ2v) is 7.50. The summed E-state index contributed by atoms with van der Waals surface area (Å²) < 4.78 is 21.1. The van der Waals surface area contributed by atoms with Crippen molar-refractivity contribution in [1.82, 2.24) is 20.0 Å². The number of hydrazone groups is 1. The van der Waals surface area contributed by atoms with E-state index in [1.54, 1.807) is 30.3 Å². The van der Waals surface area contributed by atoms with Gasteiger partial charge in [-0.3, -0.25) is 4.79 Å². The predicted molar refractivity (Wildman–Crippen MR) is 124 cm³/mol. The van der Waals surface area contributed by atoms with Crippen molar-refractivity contribution in [2.24, 2.45) is 5.10 Å². The molecule has 0 bridgehead atoms. The minimum Gasteiger partial charge on any atom is -0.436 e. The number of rotatable bonds is 6. The lowest BCUT2D eigenvalue weighted by atomic mass is 10.2. The van der Waals surface area contributed by atoms with Gasteiger partial charge in [-0.05, 0) is 85.6 Å². The van der Waals surface area contributed by atoms with Gasteiger partial charge < -0.3 is 9.30 Å². The van der Waals surface area contributed by atoms with Gasteiger partial charge in [0.15, 0.2) is 0 Å². The normalized spacial score (nSPS) is 11.0. The molecule has 0 atom stereocenters. The highest BCUT2D eigenvalue weighted by molar-refractivity contribution is 6.28. The molecule has 0 aliphatic heterocycles. The molecule has 9 heteroatoms. The fourth-order valence-corrected chi connectivity index (χ4v) is 3.35. The van der Waals surface area contributed by atoms with E-state index < -0.39 is 5.82 Å². The largest absolute Gasteiger partial charge is 0.436 e. The molecule has 0 saturated carbocycles. The third-order valence-corrected chi connectivity index (χ3v) is 4.98. The summed E-state index contributed by atoms with van der Waals surface area (Å²) in [5, 5.41) is 3.90. The number of carbonyl (C=O) groups is 1. The Bertz CT molecular complexity index is 1320. The predicted octanol–water partition coefficient (Wildman–Crippen LogP) is 5.23. The van der Waals surface area contributed by atoms with Crippen molar-refractivity contribution in [2.45, 2.75) is 13.8 Å². The fraction of sp³-hybridized carbons (Fsp3) is 0.0833. The van der Waals surface area contributed by atoms with Crippen LogP contribution in [0.1, 0.15) is 27.3 Å². The van der Waals surface area contributed by atoms with Crippen LogP contribution < -0.4 is 10.2 Å². The quantitative estimate of drug-likeness (QED) is 0.241. The Morgan fingerprint density at radius 1 is 1.12 bits per heavy atom. The summed E-state index contributed by atoms with van der Waals surface area (Å²) in [6.45, 7) is 4.03. The molecule has 33 heavy (non-hydrogen) atoms. The lowest BCUT2D eigenvalue weighted by molar-refractivity contribution is 0.0955. The maximum absolute atomic E-state index is 13.7. The number of halogens is 2. The Morgan fingerprint density at radius 3 is 2.58 bits per heavy atom. The molecule has 1 N–H and O–H groups in total. The van der Waals surface area contributed by atoms with Gasteiger partial charge in [-0.2, -0.15) is 14.5 Å². The van der Waals surface area contributed by atoms with Crippen LogP contribution in [0.5, 0.6) is 11.6 Å². The van der Waals surface area contributed by atoms with Crippen molar-refractivity contribution in [3.8, 4) is 17.3 Å². The van der Waals surface area contributed by atoms with Crippen LogP contribution in [0.4, 0.5) is 4.39 Å². The molecular weight excluding hydrogens is 445 g/mol. The number of nitrogens with one attached hydrogen (secondary N) is 1. The molecule has 0 unspecified atom stereocenters. The summed E-state index contributed by atoms with van der Waals surface area (Å²) in [4.78, 5) is 19.8. The third-order valence-electron chi connectivity index (χ3n) is 4.79. The monoisotopic (exact) mass is 463 g/mol. The molecule has 0 radical (unpaired) electrons. The van der Waals surface area contributed by atoms with Gasteiger partial charge in [0.1, 0.15) is 5.75 Å². The molecule has 2 aromatic heterocycles. The lowest BCUT2D eigenvalue weighted by Gasteiger charge is -2.10. The van der Waals surface area contributed by atoms with Crippen molar-refractivity contribution >= 4 is 23.7 Å². The van der Waals surface area contributed by atoms with E-state index >= 15 is 0 Å². The second kappa shape index (κ2) is 9.62. The molecule has 1 amide bonds. The first-order valence-electron chi connectivity index (χ1n) is 9.95. The van der Waals surface area contributed by atoms with Crippen LogP contribution in [0.3, 0.4) is 0 Å². The summed E-state index contributed by atoms with van der Waals surface area (Å²) in [6.07, 6.45) is 2.43. The van der Waals surface area contributed by atoms with E-state index in [1.807, 2.05) is 44.2 Å². The first-order valence-corrected chi connectivity index (χ1v) is 10.3. The molecule has 0 aliphatic rings. The first-order chi connectivity index (χ1) is 15.9. The zero-order valence-electron chi connectivity index (χ0n) is 17.8. The van der Waals surface area contributed by atoms with Gasteiger partial charge in [-0.25, -0.2) is 10.4 Å².